The van der Waals surface area contributed by atoms with Gasteiger partial charge in [0.1, 0.15) is 0 Å². The minimum atomic E-state index is -0.574. The Morgan fingerprint density at radius 1 is 1.30 bits per heavy atom. The maximum absolute atomic E-state index is 11.9. The number of hydrogen-bond acceptors (Lipinski definition) is 4. The van der Waals surface area contributed by atoms with E-state index in [1.54, 1.807) is 38.4 Å². The highest BCUT2D eigenvalue weighted by atomic mass is 35.5. The summed E-state index contributed by atoms with van der Waals surface area (Å²) in [5.74, 6) is 0.0962. The van der Waals surface area contributed by atoms with Gasteiger partial charge in [-0.3, -0.25) is 4.79 Å². The van der Waals surface area contributed by atoms with Crippen molar-refractivity contribution in [3.8, 4) is 11.4 Å². The number of aromatic nitrogens is 2. The van der Waals surface area contributed by atoms with Gasteiger partial charge >= 0.3 is 6.09 Å². The van der Waals surface area contributed by atoms with Crippen LogP contribution in [0.3, 0.4) is 0 Å². The standard InChI is InChI=1S/C13H12ClN3O3/c1-16(2)13(19)20-11-7-12(18)17(15-8-11)10-5-3-9(14)4-6-10/h3-8H,1-2H3. The minimum absolute atomic E-state index is 0.0962. The number of ether oxygens (including phenoxy) is 1. The Hall–Kier alpha value is -2.34. The highest BCUT2D eigenvalue weighted by molar-refractivity contribution is 6.30. The average Bonchev–Trinajstić information content (AvgIpc) is 2.40. The average molecular weight is 294 g/mol. The quantitative estimate of drug-likeness (QED) is 0.849. The zero-order valence-corrected chi connectivity index (χ0v) is 11.7. The van der Waals surface area contributed by atoms with Crippen molar-refractivity contribution in [2.75, 3.05) is 14.1 Å². The molecule has 0 aliphatic rings. The van der Waals surface area contributed by atoms with Crippen molar-refractivity contribution in [3.63, 3.8) is 0 Å². The molecule has 0 aliphatic heterocycles. The molecular formula is C13H12ClN3O3. The number of amides is 1. The van der Waals surface area contributed by atoms with Gasteiger partial charge in [0.05, 0.1) is 18.0 Å². The molecule has 6 nitrogen and oxygen atoms in total. The number of rotatable bonds is 2. The van der Waals surface area contributed by atoms with Crippen LogP contribution in [-0.2, 0) is 0 Å². The molecule has 1 heterocycles. The summed E-state index contributed by atoms with van der Waals surface area (Å²) in [5.41, 5.74) is 0.168. The monoisotopic (exact) mass is 293 g/mol. The van der Waals surface area contributed by atoms with Gasteiger partial charge in [-0.2, -0.15) is 9.78 Å². The van der Waals surface area contributed by atoms with Gasteiger partial charge in [-0.1, -0.05) is 11.6 Å². The van der Waals surface area contributed by atoms with Crippen LogP contribution in [0.15, 0.2) is 41.3 Å². The zero-order valence-electron chi connectivity index (χ0n) is 10.9. The Kier molecular flexibility index (Phi) is 4.05. The summed E-state index contributed by atoms with van der Waals surface area (Å²) in [6.45, 7) is 0. The Morgan fingerprint density at radius 3 is 2.50 bits per heavy atom. The molecule has 0 radical (unpaired) electrons. The number of halogens is 1. The molecule has 0 atom stereocenters. The lowest BCUT2D eigenvalue weighted by molar-refractivity contribution is 0.171. The lowest BCUT2D eigenvalue weighted by Crippen LogP contribution is -2.27. The highest BCUT2D eigenvalue weighted by Gasteiger charge is 2.09. The fourth-order valence-electron chi connectivity index (χ4n) is 1.42. The van der Waals surface area contributed by atoms with E-state index in [0.717, 1.165) is 0 Å². The van der Waals surface area contributed by atoms with Gasteiger partial charge in [0.15, 0.2) is 5.75 Å². The summed E-state index contributed by atoms with van der Waals surface area (Å²) in [6.07, 6.45) is 0.729. The normalized spacial score (nSPS) is 10.2. The van der Waals surface area contributed by atoms with E-state index in [2.05, 4.69) is 5.10 Å². The van der Waals surface area contributed by atoms with Crippen LogP contribution >= 0.6 is 11.6 Å². The van der Waals surface area contributed by atoms with Gasteiger partial charge in [-0.05, 0) is 24.3 Å². The molecule has 1 aromatic heterocycles. The topological polar surface area (TPSA) is 64.4 Å². The largest absolute Gasteiger partial charge is 0.414 e. The Labute approximate surface area is 120 Å². The van der Waals surface area contributed by atoms with Crippen LogP contribution in [0.2, 0.25) is 5.02 Å². The molecule has 0 fully saturated rings. The van der Waals surface area contributed by atoms with Crippen molar-refractivity contribution in [2.24, 2.45) is 0 Å². The van der Waals surface area contributed by atoms with Crippen molar-refractivity contribution < 1.29 is 9.53 Å². The van der Waals surface area contributed by atoms with E-state index < -0.39 is 11.7 Å². The second kappa shape index (κ2) is 5.75. The summed E-state index contributed by atoms with van der Waals surface area (Å²) in [6, 6.07) is 7.85. The van der Waals surface area contributed by atoms with Gasteiger partial charge in [0.25, 0.3) is 5.56 Å². The molecule has 0 aliphatic carbocycles. The number of benzene rings is 1. The number of carbonyl (C=O) groups excluding carboxylic acids is 1. The van der Waals surface area contributed by atoms with Crippen molar-refractivity contribution >= 4 is 17.7 Å². The molecule has 0 saturated carbocycles. The predicted octanol–water partition coefficient (Wildman–Crippen LogP) is 1.95. The molecule has 0 N–H and O–H groups in total. The summed E-state index contributed by atoms with van der Waals surface area (Å²) < 4.78 is 6.14. The first-order valence-corrected chi connectivity index (χ1v) is 6.09. The molecule has 0 unspecified atom stereocenters. The van der Waals surface area contributed by atoms with Crippen molar-refractivity contribution in [3.05, 3.63) is 51.9 Å². The molecule has 1 amide bonds. The SMILES string of the molecule is CN(C)C(=O)Oc1cnn(-c2ccc(Cl)cc2)c(=O)c1. The Bertz CT molecular complexity index is 680. The summed E-state index contributed by atoms with van der Waals surface area (Å²) in [4.78, 5) is 24.6. The highest BCUT2D eigenvalue weighted by Crippen LogP contribution is 2.12. The Balaban J connectivity index is 2.28. The predicted molar refractivity (Wildman–Crippen MR) is 74.6 cm³/mol. The number of nitrogens with zero attached hydrogens (tertiary/aromatic N) is 3. The maximum atomic E-state index is 11.9. The van der Waals surface area contributed by atoms with E-state index in [1.165, 1.54) is 21.8 Å². The van der Waals surface area contributed by atoms with Crippen LogP contribution in [0.5, 0.6) is 5.75 Å². The first-order chi connectivity index (χ1) is 9.47. The van der Waals surface area contributed by atoms with Crippen LogP contribution in [0.4, 0.5) is 4.79 Å². The molecule has 7 heteroatoms. The van der Waals surface area contributed by atoms with E-state index in [9.17, 15) is 9.59 Å². The molecular weight excluding hydrogens is 282 g/mol. The summed E-state index contributed by atoms with van der Waals surface area (Å²) in [5, 5.41) is 4.52. The number of hydrogen-bond donors (Lipinski definition) is 0. The summed E-state index contributed by atoms with van der Waals surface area (Å²) in [7, 11) is 3.09. The van der Waals surface area contributed by atoms with Crippen LogP contribution in [0.1, 0.15) is 0 Å². The first kappa shape index (κ1) is 14.1. The fraction of sp³-hybridized carbons (Fsp3) is 0.154. The maximum Gasteiger partial charge on any atom is 0.414 e. The molecule has 0 bridgehead atoms. The van der Waals surface area contributed by atoms with Gasteiger partial charge in [0, 0.05) is 19.1 Å². The van der Waals surface area contributed by atoms with E-state index >= 15 is 0 Å². The van der Waals surface area contributed by atoms with Gasteiger partial charge < -0.3 is 9.64 Å². The van der Waals surface area contributed by atoms with Crippen molar-refractivity contribution in [2.45, 2.75) is 0 Å². The molecule has 20 heavy (non-hydrogen) atoms. The van der Waals surface area contributed by atoms with E-state index in [-0.39, 0.29) is 5.75 Å². The molecule has 0 spiro atoms. The van der Waals surface area contributed by atoms with E-state index in [4.69, 9.17) is 16.3 Å². The van der Waals surface area contributed by atoms with E-state index in [1.807, 2.05) is 0 Å². The third-order valence-electron chi connectivity index (χ3n) is 2.42. The fourth-order valence-corrected chi connectivity index (χ4v) is 1.54. The second-order valence-corrected chi connectivity index (χ2v) is 4.62. The minimum Gasteiger partial charge on any atom is -0.408 e. The van der Waals surface area contributed by atoms with Crippen LogP contribution in [0, 0.1) is 0 Å². The van der Waals surface area contributed by atoms with Crippen molar-refractivity contribution in [1.29, 1.82) is 0 Å². The van der Waals surface area contributed by atoms with Crippen LogP contribution in [0.25, 0.3) is 5.69 Å². The molecule has 2 rings (SSSR count). The molecule has 2 aromatic rings. The smallest absolute Gasteiger partial charge is 0.408 e. The number of carbonyl (C=O) groups is 1. The third-order valence-corrected chi connectivity index (χ3v) is 2.67. The zero-order chi connectivity index (χ0) is 14.7. The van der Waals surface area contributed by atoms with Crippen LogP contribution < -0.4 is 10.3 Å². The van der Waals surface area contributed by atoms with E-state index in [0.29, 0.717) is 10.7 Å². The van der Waals surface area contributed by atoms with Gasteiger partial charge in [0.2, 0.25) is 0 Å². The van der Waals surface area contributed by atoms with Crippen LogP contribution in [-0.4, -0.2) is 34.9 Å². The summed E-state index contributed by atoms with van der Waals surface area (Å²) >= 11 is 5.78. The van der Waals surface area contributed by atoms with Crippen molar-refractivity contribution in [1.82, 2.24) is 14.7 Å². The Morgan fingerprint density at radius 2 is 1.95 bits per heavy atom. The third kappa shape index (κ3) is 3.16. The second-order valence-electron chi connectivity index (χ2n) is 4.18. The molecule has 0 saturated heterocycles. The lowest BCUT2D eigenvalue weighted by atomic mass is 10.3. The molecule has 1 aromatic carbocycles. The lowest BCUT2D eigenvalue weighted by Gasteiger charge is -2.10. The first-order valence-electron chi connectivity index (χ1n) is 5.72. The molecule has 104 valence electrons. The van der Waals surface area contributed by atoms with Gasteiger partial charge in [-0.15, -0.1) is 0 Å². The van der Waals surface area contributed by atoms with Gasteiger partial charge in [-0.25, -0.2) is 4.79 Å².